The Balaban J connectivity index is 1.60. The van der Waals surface area contributed by atoms with Crippen molar-refractivity contribution in [1.82, 2.24) is 19.4 Å². The molecule has 7 heteroatoms. The number of likely N-dealkylation sites (tertiary alicyclic amines) is 1. The lowest BCUT2D eigenvalue weighted by Gasteiger charge is -2.16. The van der Waals surface area contributed by atoms with E-state index in [1.165, 1.54) is 11.3 Å². The molecule has 5 nitrogen and oxygen atoms in total. The van der Waals surface area contributed by atoms with E-state index in [1.54, 1.807) is 12.1 Å². The summed E-state index contributed by atoms with van der Waals surface area (Å²) in [6, 6.07) is 7.50. The number of hydrogen-bond acceptors (Lipinski definition) is 4. The molecule has 3 aromatic heterocycles. The van der Waals surface area contributed by atoms with E-state index in [0.717, 1.165) is 42.9 Å². The third-order valence-corrected chi connectivity index (χ3v) is 5.82. The zero-order chi connectivity index (χ0) is 17.4. The van der Waals surface area contributed by atoms with Crippen molar-refractivity contribution in [2.75, 3.05) is 13.1 Å². The number of aryl methyl sites for hydroxylation is 1. The van der Waals surface area contributed by atoms with Gasteiger partial charge in [0, 0.05) is 31.7 Å². The van der Waals surface area contributed by atoms with Crippen LogP contribution in [0.3, 0.4) is 0 Å². The molecule has 1 amide bonds. The summed E-state index contributed by atoms with van der Waals surface area (Å²) >= 11 is 7.30. The third-order valence-electron chi connectivity index (χ3n) is 4.61. The predicted octanol–water partition coefficient (Wildman–Crippen LogP) is 4.19. The quantitative estimate of drug-likeness (QED) is 0.688. The highest BCUT2D eigenvalue weighted by molar-refractivity contribution is 7.17. The average molecular weight is 375 g/mol. The van der Waals surface area contributed by atoms with Gasteiger partial charge in [-0.25, -0.2) is 9.97 Å². The van der Waals surface area contributed by atoms with Crippen LogP contribution in [0.5, 0.6) is 0 Å². The molecule has 1 aliphatic rings. The topological polar surface area (TPSA) is 51.0 Å². The normalized spacial score (nSPS) is 17.5. The first-order chi connectivity index (χ1) is 12.2. The molecule has 0 aromatic carbocycles. The summed E-state index contributed by atoms with van der Waals surface area (Å²) < 4.78 is 2.87. The van der Waals surface area contributed by atoms with E-state index in [9.17, 15) is 4.79 Å². The zero-order valence-corrected chi connectivity index (χ0v) is 15.6. The smallest absolute Gasteiger partial charge is 0.263 e. The van der Waals surface area contributed by atoms with Gasteiger partial charge >= 0.3 is 0 Å². The van der Waals surface area contributed by atoms with Gasteiger partial charge < -0.3 is 9.47 Å². The van der Waals surface area contributed by atoms with Crippen LogP contribution in [0.1, 0.15) is 41.2 Å². The predicted molar refractivity (Wildman–Crippen MR) is 100 cm³/mol. The van der Waals surface area contributed by atoms with Gasteiger partial charge in [0.1, 0.15) is 11.3 Å². The number of thiophene rings is 1. The van der Waals surface area contributed by atoms with E-state index in [4.69, 9.17) is 16.6 Å². The van der Waals surface area contributed by atoms with Crippen LogP contribution in [-0.4, -0.2) is 38.4 Å². The van der Waals surface area contributed by atoms with Gasteiger partial charge in [0.15, 0.2) is 5.65 Å². The van der Waals surface area contributed by atoms with Gasteiger partial charge in [0.2, 0.25) is 0 Å². The fraction of sp³-hybridized carbons (Fsp3) is 0.389. The van der Waals surface area contributed by atoms with Crippen molar-refractivity contribution in [2.24, 2.45) is 0 Å². The molecule has 0 aliphatic carbocycles. The van der Waals surface area contributed by atoms with Crippen LogP contribution in [-0.2, 0) is 6.54 Å². The van der Waals surface area contributed by atoms with Crippen LogP contribution in [0.2, 0.25) is 4.34 Å². The minimum atomic E-state index is 0.0654. The summed E-state index contributed by atoms with van der Waals surface area (Å²) in [6.07, 6.45) is 3.76. The summed E-state index contributed by atoms with van der Waals surface area (Å²) in [6.45, 7) is 4.50. The number of fused-ring (bicyclic) bond motifs is 1. The van der Waals surface area contributed by atoms with Gasteiger partial charge in [0.25, 0.3) is 5.91 Å². The Kier molecular flexibility index (Phi) is 4.48. The first kappa shape index (κ1) is 16.5. The van der Waals surface area contributed by atoms with Crippen molar-refractivity contribution in [2.45, 2.75) is 32.2 Å². The van der Waals surface area contributed by atoms with Crippen molar-refractivity contribution in [3.8, 4) is 0 Å². The molecule has 0 N–H and O–H groups in total. The van der Waals surface area contributed by atoms with E-state index < -0.39 is 0 Å². The van der Waals surface area contributed by atoms with Crippen molar-refractivity contribution < 1.29 is 4.79 Å². The van der Waals surface area contributed by atoms with E-state index >= 15 is 0 Å². The summed E-state index contributed by atoms with van der Waals surface area (Å²) in [4.78, 5) is 24.6. The van der Waals surface area contributed by atoms with Crippen molar-refractivity contribution in [3.05, 3.63) is 45.5 Å². The highest BCUT2D eigenvalue weighted by Crippen LogP contribution is 2.31. The molecule has 3 aromatic rings. The number of halogens is 1. The van der Waals surface area contributed by atoms with E-state index in [0.29, 0.717) is 15.8 Å². The highest BCUT2D eigenvalue weighted by atomic mass is 35.5. The van der Waals surface area contributed by atoms with E-state index in [1.807, 2.05) is 23.2 Å². The molecule has 1 aliphatic heterocycles. The molecule has 0 saturated carbocycles. The molecule has 0 unspecified atom stereocenters. The maximum atomic E-state index is 12.7. The number of hydrogen-bond donors (Lipinski definition) is 0. The third kappa shape index (κ3) is 3.04. The van der Waals surface area contributed by atoms with Crippen molar-refractivity contribution >= 4 is 40.0 Å². The zero-order valence-electron chi connectivity index (χ0n) is 14.0. The number of nitrogens with zero attached hydrogens (tertiary/aromatic N) is 4. The molecular formula is C18H19ClN4OS. The number of carbonyl (C=O) groups is 1. The Hall–Kier alpha value is -1.92. The lowest BCUT2D eigenvalue weighted by Crippen LogP contribution is -2.28. The monoisotopic (exact) mass is 374 g/mol. The van der Waals surface area contributed by atoms with Gasteiger partial charge in [-0.05, 0) is 37.1 Å². The molecule has 1 atom stereocenters. The fourth-order valence-corrected chi connectivity index (χ4v) is 4.48. The number of amides is 1. The van der Waals surface area contributed by atoms with Crippen LogP contribution in [0.4, 0.5) is 0 Å². The lowest BCUT2D eigenvalue weighted by molar-refractivity contribution is 0.0795. The first-order valence-electron chi connectivity index (χ1n) is 8.53. The fourth-order valence-electron chi connectivity index (χ4n) is 3.47. The first-order valence-corrected chi connectivity index (χ1v) is 9.72. The van der Waals surface area contributed by atoms with Crippen LogP contribution >= 0.6 is 22.9 Å². The summed E-state index contributed by atoms with van der Waals surface area (Å²) in [5.74, 6) is 1.37. The Morgan fingerprint density at radius 2 is 2.28 bits per heavy atom. The molecule has 25 heavy (non-hydrogen) atoms. The van der Waals surface area contributed by atoms with Gasteiger partial charge in [-0.3, -0.25) is 4.79 Å². The maximum Gasteiger partial charge on any atom is 0.263 e. The number of carbonyl (C=O) groups excluding carboxylic acids is 1. The minimum Gasteiger partial charge on any atom is -0.337 e. The molecule has 130 valence electrons. The molecule has 4 rings (SSSR count). The number of imidazole rings is 1. The molecule has 0 bridgehead atoms. The SMILES string of the molecule is CCCn1c([C@H]2CCN(C(=O)c3ccc(Cl)s3)C2)nc2cccnc21. The highest BCUT2D eigenvalue weighted by Gasteiger charge is 2.32. The molecule has 1 fully saturated rings. The number of pyridine rings is 1. The molecule has 4 heterocycles. The summed E-state index contributed by atoms with van der Waals surface area (Å²) in [5, 5.41) is 0. The molecular weight excluding hydrogens is 356 g/mol. The van der Waals surface area contributed by atoms with Crippen LogP contribution in [0.15, 0.2) is 30.5 Å². The van der Waals surface area contributed by atoms with Crippen LogP contribution in [0, 0.1) is 0 Å². The van der Waals surface area contributed by atoms with Crippen LogP contribution in [0.25, 0.3) is 11.2 Å². The Morgan fingerprint density at radius 3 is 3.04 bits per heavy atom. The van der Waals surface area contributed by atoms with Gasteiger partial charge in [-0.2, -0.15) is 0 Å². The summed E-state index contributed by atoms with van der Waals surface area (Å²) in [5.41, 5.74) is 1.87. The standard InChI is InChI=1S/C18H19ClN4OS/c1-2-9-23-16(21-13-4-3-8-20-17(13)23)12-7-10-22(11-12)18(24)14-5-6-15(19)25-14/h3-6,8,12H,2,7,9-11H2,1H3/t12-/m0/s1. The van der Waals surface area contributed by atoms with Crippen LogP contribution < -0.4 is 0 Å². The second-order valence-corrected chi connectivity index (χ2v) is 8.02. The summed E-state index contributed by atoms with van der Waals surface area (Å²) in [7, 11) is 0. The van der Waals surface area contributed by atoms with Gasteiger partial charge in [-0.1, -0.05) is 18.5 Å². The average Bonchev–Trinajstić information content (AvgIpc) is 3.33. The maximum absolute atomic E-state index is 12.7. The van der Waals surface area contributed by atoms with Gasteiger partial charge in [-0.15, -0.1) is 11.3 Å². The van der Waals surface area contributed by atoms with E-state index in [2.05, 4.69) is 16.5 Å². The number of rotatable bonds is 4. The van der Waals surface area contributed by atoms with Crippen molar-refractivity contribution in [1.29, 1.82) is 0 Å². The van der Waals surface area contributed by atoms with Gasteiger partial charge in [0.05, 0.1) is 9.21 Å². The lowest BCUT2D eigenvalue weighted by atomic mass is 10.1. The second-order valence-electron chi connectivity index (χ2n) is 6.31. The largest absolute Gasteiger partial charge is 0.337 e. The van der Waals surface area contributed by atoms with Crippen molar-refractivity contribution in [3.63, 3.8) is 0 Å². The Labute approximate surface area is 155 Å². The minimum absolute atomic E-state index is 0.0654. The molecule has 0 radical (unpaired) electrons. The number of aromatic nitrogens is 3. The van der Waals surface area contributed by atoms with E-state index in [-0.39, 0.29) is 11.8 Å². The molecule has 1 saturated heterocycles. The Bertz CT molecular complexity index is 919. The molecule has 0 spiro atoms. The second kappa shape index (κ2) is 6.77. The Morgan fingerprint density at radius 1 is 1.40 bits per heavy atom.